The van der Waals surface area contributed by atoms with Gasteiger partial charge in [0.25, 0.3) is 0 Å². The van der Waals surface area contributed by atoms with E-state index in [0.29, 0.717) is 22.6 Å². The van der Waals surface area contributed by atoms with Gasteiger partial charge in [-0.15, -0.1) is 0 Å². The van der Waals surface area contributed by atoms with E-state index in [-0.39, 0.29) is 42.1 Å². The molecule has 0 spiro atoms. The molecule has 8 heteroatoms. The number of anilines is 1. The zero-order chi connectivity index (χ0) is 22.9. The van der Waals surface area contributed by atoms with Gasteiger partial charge in [-0.1, -0.05) is 37.6 Å². The highest BCUT2D eigenvalue weighted by Gasteiger charge is 2.40. The van der Waals surface area contributed by atoms with Gasteiger partial charge in [0.05, 0.1) is 30.5 Å². The number of fused-ring (bicyclic) bond motifs is 1. The summed E-state index contributed by atoms with van der Waals surface area (Å²) < 4.78 is 20.0. The van der Waals surface area contributed by atoms with Crippen molar-refractivity contribution in [3.63, 3.8) is 0 Å². The monoisotopic (exact) mass is 449 g/mol. The van der Waals surface area contributed by atoms with Crippen LogP contribution < -0.4 is 9.64 Å². The number of Topliss-reactive ketones (excluding diaryl/α,β-unsaturated/α-hetero) is 1. The number of ether oxygens (including phenoxy) is 1. The van der Waals surface area contributed by atoms with Gasteiger partial charge in [0.15, 0.2) is 5.78 Å². The summed E-state index contributed by atoms with van der Waals surface area (Å²) >= 11 is 5.89. The largest absolute Gasteiger partial charge is 0.496 e. The molecule has 0 saturated carbocycles. The first kappa shape index (κ1) is 23.0. The number of carboxylic acids is 1. The molecule has 6 nitrogen and oxygen atoms in total. The summed E-state index contributed by atoms with van der Waals surface area (Å²) in [6, 6.07) is 7.52. The molecule has 31 heavy (non-hydrogen) atoms. The predicted molar refractivity (Wildman–Crippen MR) is 116 cm³/mol. The minimum Gasteiger partial charge on any atom is -0.496 e. The summed E-state index contributed by atoms with van der Waals surface area (Å²) in [7, 11) is 1.47. The molecule has 0 amide bonds. The first-order valence-electron chi connectivity index (χ1n) is 9.97. The number of benzene rings is 2. The lowest BCUT2D eigenvalue weighted by Gasteiger charge is -2.41. The molecular formula is C23H25ClFNO5. The fourth-order valence-electron chi connectivity index (χ4n) is 4.01. The van der Waals surface area contributed by atoms with Crippen LogP contribution in [0.15, 0.2) is 30.3 Å². The lowest BCUT2D eigenvalue weighted by Crippen LogP contribution is -2.50. The Morgan fingerprint density at radius 3 is 2.61 bits per heavy atom. The zero-order valence-corrected chi connectivity index (χ0v) is 18.3. The molecule has 1 heterocycles. The fourth-order valence-corrected chi connectivity index (χ4v) is 4.20. The number of methoxy groups -OCH3 is 1. The van der Waals surface area contributed by atoms with Gasteiger partial charge in [0.2, 0.25) is 0 Å². The van der Waals surface area contributed by atoms with Crippen molar-refractivity contribution < 1.29 is 28.9 Å². The van der Waals surface area contributed by atoms with Gasteiger partial charge >= 0.3 is 5.97 Å². The van der Waals surface area contributed by atoms with E-state index in [1.54, 1.807) is 29.2 Å². The Hall–Kier alpha value is -2.64. The van der Waals surface area contributed by atoms with E-state index in [1.165, 1.54) is 13.2 Å². The molecule has 1 aliphatic rings. The molecule has 2 aromatic rings. The average Bonchev–Trinajstić information content (AvgIpc) is 2.72. The molecule has 1 aliphatic heterocycles. The molecule has 0 saturated heterocycles. The maximum Gasteiger partial charge on any atom is 0.316 e. The fraction of sp³-hybridized carbons (Fsp3) is 0.391. The molecule has 0 radical (unpaired) electrons. The van der Waals surface area contributed by atoms with Gasteiger partial charge in [0, 0.05) is 24.6 Å². The number of ketones is 1. The van der Waals surface area contributed by atoms with Gasteiger partial charge in [-0.2, -0.15) is 0 Å². The van der Waals surface area contributed by atoms with Crippen molar-refractivity contribution in [2.24, 2.45) is 11.8 Å². The summed E-state index contributed by atoms with van der Waals surface area (Å²) in [5.74, 6) is -3.12. The van der Waals surface area contributed by atoms with Crippen LogP contribution in [0.25, 0.3) is 0 Å². The molecule has 0 unspecified atom stereocenters. The molecule has 0 aliphatic carbocycles. The second kappa shape index (κ2) is 9.24. The molecule has 2 aromatic carbocycles. The first-order valence-corrected chi connectivity index (χ1v) is 10.4. The second-order valence-corrected chi connectivity index (χ2v) is 8.38. The molecule has 0 aromatic heterocycles. The lowest BCUT2D eigenvalue weighted by atomic mass is 9.86. The average molecular weight is 450 g/mol. The van der Waals surface area contributed by atoms with Crippen molar-refractivity contribution in [1.29, 1.82) is 0 Å². The van der Waals surface area contributed by atoms with Crippen LogP contribution in [0.2, 0.25) is 5.02 Å². The maximum absolute atomic E-state index is 14.5. The van der Waals surface area contributed by atoms with Crippen LogP contribution >= 0.6 is 11.6 Å². The van der Waals surface area contributed by atoms with E-state index in [9.17, 15) is 24.2 Å². The first-order chi connectivity index (χ1) is 14.7. The Morgan fingerprint density at radius 1 is 1.32 bits per heavy atom. The zero-order valence-electron chi connectivity index (χ0n) is 17.6. The number of carboxylic acid groups (broad SMARTS) is 1. The normalized spacial score (nSPS) is 16.9. The number of carbonyl (C=O) groups excluding carboxylic acids is 1. The Labute approximate surface area is 185 Å². The molecule has 0 fully saturated rings. The van der Waals surface area contributed by atoms with Crippen molar-refractivity contribution in [2.45, 2.75) is 26.3 Å². The SMILES string of the molecule is COc1cc2c(cc1Cc1cccc(Cl)c1F)C(=O)[C@@H](C(=O)O)CN2[C@H](CO)C(C)C. The van der Waals surface area contributed by atoms with E-state index < -0.39 is 23.5 Å². The van der Waals surface area contributed by atoms with Crippen LogP contribution in [0.3, 0.4) is 0 Å². The number of carbonyl (C=O) groups is 2. The number of aliphatic carboxylic acids is 1. The third kappa shape index (κ3) is 4.38. The van der Waals surface area contributed by atoms with Crippen LogP contribution in [-0.4, -0.2) is 48.3 Å². The number of aliphatic hydroxyl groups is 1. The standard InChI is InChI=1S/C23H25ClFNO5/c1-12(2)19(11-27)26-10-16(23(29)30)22(28)15-8-14(20(31-3)9-18(15)26)7-13-5-4-6-17(24)21(13)25/h4-6,8-9,12,16,19,27H,7,10-11H2,1-3H3,(H,29,30)/t16-,19+/m0/s1. The topological polar surface area (TPSA) is 87.1 Å². The predicted octanol–water partition coefficient (Wildman–Crippen LogP) is 3.80. The summed E-state index contributed by atoms with van der Waals surface area (Å²) in [6.07, 6.45) is 0.113. The molecule has 3 rings (SSSR count). The third-order valence-corrected chi connectivity index (χ3v) is 6.03. The minimum absolute atomic E-state index is 0.00623. The number of halogens is 2. The van der Waals surface area contributed by atoms with E-state index in [0.717, 1.165) is 0 Å². The number of aliphatic hydroxyl groups excluding tert-OH is 1. The van der Waals surface area contributed by atoms with Gasteiger partial charge in [-0.05, 0) is 29.2 Å². The summed E-state index contributed by atoms with van der Waals surface area (Å²) in [5, 5.41) is 19.5. The van der Waals surface area contributed by atoms with E-state index in [1.807, 2.05) is 13.8 Å². The smallest absolute Gasteiger partial charge is 0.316 e. The minimum atomic E-state index is -1.26. The molecule has 2 N–H and O–H groups in total. The van der Waals surface area contributed by atoms with Crippen molar-refractivity contribution in [2.75, 3.05) is 25.2 Å². The highest BCUT2D eigenvalue weighted by atomic mass is 35.5. The molecular weight excluding hydrogens is 425 g/mol. The van der Waals surface area contributed by atoms with Crippen molar-refractivity contribution in [3.8, 4) is 5.75 Å². The van der Waals surface area contributed by atoms with Crippen LogP contribution in [0, 0.1) is 17.7 Å². The number of hydrogen-bond donors (Lipinski definition) is 2. The van der Waals surface area contributed by atoms with Crippen molar-refractivity contribution in [3.05, 3.63) is 57.9 Å². The van der Waals surface area contributed by atoms with Crippen LogP contribution in [0.5, 0.6) is 5.75 Å². The Morgan fingerprint density at radius 2 is 2.03 bits per heavy atom. The molecule has 166 valence electrons. The number of rotatable bonds is 7. The molecule has 2 atom stereocenters. The summed E-state index contributed by atoms with van der Waals surface area (Å²) in [4.78, 5) is 26.5. The number of nitrogens with zero attached hydrogens (tertiary/aromatic N) is 1. The Bertz CT molecular complexity index is 1010. The van der Waals surface area contributed by atoms with Gasteiger partial charge in [-0.3, -0.25) is 9.59 Å². The van der Waals surface area contributed by atoms with Gasteiger partial charge in [0.1, 0.15) is 17.5 Å². The summed E-state index contributed by atoms with van der Waals surface area (Å²) in [6.45, 7) is 3.59. The van der Waals surface area contributed by atoms with E-state index in [4.69, 9.17) is 16.3 Å². The Kier molecular flexibility index (Phi) is 6.86. The number of hydrogen-bond acceptors (Lipinski definition) is 5. The maximum atomic E-state index is 14.5. The quantitative estimate of drug-likeness (QED) is 0.625. The van der Waals surface area contributed by atoms with Crippen LogP contribution in [-0.2, 0) is 11.2 Å². The van der Waals surface area contributed by atoms with Crippen molar-refractivity contribution in [1.82, 2.24) is 0 Å². The summed E-state index contributed by atoms with van der Waals surface area (Å²) in [5.41, 5.74) is 1.58. The second-order valence-electron chi connectivity index (χ2n) is 7.97. The highest BCUT2D eigenvalue weighted by molar-refractivity contribution is 6.30. The van der Waals surface area contributed by atoms with E-state index in [2.05, 4.69) is 0 Å². The Balaban J connectivity index is 2.15. The lowest BCUT2D eigenvalue weighted by molar-refractivity contribution is -0.139. The van der Waals surface area contributed by atoms with Gasteiger partial charge < -0.3 is 19.8 Å². The van der Waals surface area contributed by atoms with Crippen LogP contribution in [0.4, 0.5) is 10.1 Å². The molecule has 0 bridgehead atoms. The third-order valence-electron chi connectivity index (χ3n) is 5.74. The highest BCUT2D eigenvalue weighted by Crippen LogP contribution is 2.38. The van der Waals surface area contributed by atoms with Gasteiger partial charge in [-0.25, -0.2) is 4.39 Å². The van der Waals surface area contributed by atoms with E-state index >= 15 is 0 Å². The van der Waals surface area contributed by atoms with Crippen molar-refractivity contribution >= 4 is 29.0 Å². The van der Waals surface area contributed by atoms with Crippen LogP contribution in [0.1, 0.15) is 35.3 Å².